The first-order chi connectivity index (χ1) is 7.88. The second kappa shape index (κ2) is 5.50. The van der Waals surface area contributed by atoms with Gasteiger partial charge in [0.25, 0.3) is 0 Å². The van der Waals surface area contributed by atoms with Crippen molar-refractivity contribution < 1.29 is 15.1 Å². The minimum atomic E-state index is -1.41. The van der Waals surface area contributed by atoms with Crippen LogP contribution in [0, 0.1) is 10.1 Å². The summed E-state index contributed by atoms with van der Waals surface area (Å²) in [6.45, 7) is 0. The van der Waals surface area contributed by atoms with Crippen molar-refractivity contribution in [3.05, 3.63) is 26.9 Å². The number of aliphatic hydroxyl groups is 2. The first-order valence-electron chi connectivity index (χ1n) is 4.45. The second-order valence-corrected chi connectivity index (χ2v) is 3.95. The highest BCUT2D eigenvalue weighted by atomic mass is 35.5. The van der Waals surface area contributed by atoms with E-state index in [1.54, 1.807) is 0 Å². The van der Waals surface area contributed by atoms with Crippen LogP contribution in [0.3, 0.4) is 0 Å². The summed E-state index contributed by atoms with van der Waals surface area (Å²) in [6, 6.07) is 0.988. The van der Waals surface area contributed by atoms with Crippen LogP contribution >= 0.6 is 24.2 Å². The van der Waals surface area contributed by atoms with Crippen LogP contribution in [0.5, 0.6) is 0 Å². The van der Waals surface area contributed by atoms with Gasteiger partial charge in [0.15, 0.2) is 0 Å². The molecule has 0 bridgehead atoms. The average Bonchev–Trinajstić information content (AvgIpc) is 2.26. The van der Waals surface area contributed by atoms with Crippen molar-refractivity contribution in [2.24, 2.45) is 0 Å². The molecule has 0 aliphatic rings. The van der Waals surface area contributed by atoms with Gasteiger partial charge in [-0.25, -0.2) is 4.98 Å². The van der Waals surface area contributed by atoms with E-state index in [0.29, 0.717) is 0 Å². The van der Waals surface area contributed by atoms with Crippen molar-refractivity contribution in [1.29, 1.82) is 0 Å². The highest BCUT2D eigenvalue weighted by molar-refractivity contribution is 7.80. The van der Waals surface area contributed by atoms with E-state index in [4.69, 9.17) is 17.3 Å². The third kappa shape index (κ3) is 2.97. The van der Waals surface area contributed by atoms with Crippen molar-refractivity contribution >= 4 is 35.7 Å². The molecule has 0 saturated carbocycles. The fraction of sp³-hybridized carbons (Fsp3) is 0.375. The summed E-state index contributed by atoms with van der Waals surface area (Å²) in [5.74, 6) is -0.383. The number of nitrogen functional groups attached to an aromatic ring is 1. The largest absolute Gasteiger partial charge is 0.389 e. The van der Waals surface area contributed by atoms with E-state index in [-0.39, 0.29) is 22.3 Å². The van der Waals surface area contributed by atoms with Gasteiger partial charge >= 0.3 is 5.69 Å². The quantitative estimate of drug-likeness (QED) is 0.276. The molecule has 0 fully saturated rings. The Hall–Kier alpha value is -1.09. The van der Waals surface area contributed by atoms with Crippen LogP contribution in [0.4, 0.5) is 11.5 Å². The van der Waals surface area contributed by atoms with Gasteiger partial charge in [0.1, 0.15) is 11.3 Å². The number of anilines is 1. The summed E-state index contributed by atoms with van der Waals surface area (Å²) in [6.07, 6.45) is -2.62. The molecular weight excluding hydrogens is 270 g/mol. The van der Waals surface area contributed by atoms with E-state index >= 15 is 0 Å². The maximum absolute atomic E-state index is 10.6. The molecular formula is C8H10ClN3O4S. The fourth-order valence-electron chi connectivity index (χ4n) is 1.17. The Kier molecular flexibility index (Phi) is 4.52. The predicted octanol–water partition coefficient (Wildman–Crippen LogP) is 0.549. The van der Waals surface area contributed by atoms with E-state index in [2.05, 4.69) is 17.6 Å². The standard InChI is InChI=1S/C8H10ClN3O4S/c9-7-3(6(14)5(13)2-17)1-4(12(15)16)8(10)11-7/h1,5-6,13-14,17H,2H2,(H2,10,11). The van der Waals surface area contributed by atoms with Gasteiger partial charge in [0.2, 0.25) is 5.82 Å². The van der Waals surface area contributed by atoms with Gasteiger partial charge in [0, 0.05) is 17.4 Å². The summed E-state index contributed by atoms with van der Waals surface area (Å²) in [5, 5.41) is 29.5. The van der Waals surface area contributed by atoms with Crippen LogP contribution in [0.15, 0.2) is 6.07 Å². The van der Waals surface area contributed by atoms with Gasteiger partial charge in [-0.15, -0.1) is 0 Å². The van der Waals surface area contributed by atoms with E-state index in [1.165, 1.54) is 0 Å². The molecule has 0 amide bonds. The summed E-state index contributed by atoms with van der Waals surface area (Å²) in [4.78, 5) is 13.4. The second-order valence-electron chi connectivity index (χ2n) is 3.22. The van der Waals surface area contributed by atoms with E-state index in [9.17, 15) is 20.3 Å². The number of nitrogens with two attached hydrogens (primary N) is 1. The summed E-state index contributed by atoms with van der Waals surface area (Å²) < 4.78 is 0. The molecule has 1 aromatic rings. The summed E-state index contributed by atoms with van der Waals surface area (Å²) in [7, 11) is 0. The molecule has 1 rings (SSSR count). The molecule has 2 unspecified atom stereocenters. The van der Waals surface area contributed by atoms with E-state index < -0.39 is 22.8 Å². The molecule has 0 aliphatic carbocycles. The molecule has 4 N–H and O–H groups in total. The number of pyridine rings is 1. The lowest BCUT2D eigenvalue weighted by Crippen LogP contribution is -2.20. The van der Waals surface area contributed by atoms with Crippen LogP contribution in [-0.2, 0) is 0 Å². The molecule has 0 aromatic carbocycles. The van der Waals surface area contributed by atoms with Gasteiger partial charge in [-0.3, -0.25) is 10.1 Å². The predicted molar refractivity (Wildman–Crippen MR) is 65.1 cm³/mol. The maximum atomic E-state index is 10.6. The number of aliphatic hydroxyl groups excluding tert-OH is 2. The third-order valence-corrected chi connectivity index (χ3v) is 2.76. The van der Waals surface area contributed by atoms with Gasteiger partial charge in [-0.2, -0.15) is 12.6 Å². The molecule has 0 aliphatic heterocycles. The van der Waals surface area contributed by atoms with Crippen LogP contribution in [0.25, 0.3) is 0 Å². The van der Waals surface area contributed by atoms with Gasteiger partial charge in [-0.1, -0.05) is 11.6 Å². The molecule has 0 spiro atoms. The minimum Gasteiger partial charge on any atom is -0.389 e. The third-order valence-electron chi connectivity index (χ3n) is 2.08. The van der Waals surface area contributed by atoms with Gasteiger partial charge in [-0.05, 0) is 0 Å². The Labute approximate surface area is 107 Å². The Balaban J connectivity index is 3.24. The molecule has 17 heavy (non-hydrogen) atoms. The highest BCUT2D eigenvalue weighted by Crippen LogP contribution is 2.31. The van der Waals surface area contributed by atoms with Gasteiger partial charge < -0.3 is 15.9 Å². The molecule has 7 nitrogen and oxygen atoms in total. The average molecular weight is 280 g/mol. The summed E-state index contributed by atoms with van der Waals surface area (Å²) >= 11 is 9.49. The molecule has 1 heterocycles. The minimum absolute atomic E-state index is 0.0321. The lowest BCUT2D eigenvalue weighted by Gasteiger charge is -2.16. The Bertz CT molecular complexity index is 445. The zero-order valence-electron chi connectivity index (χ0n) is 8.45. The lowest BCUT2D eigenvalue weighted by atomic mass is 10.1. The smallest absolute Gasteiger partial charge is 0.311 e. The summed E-state index contributed by atoms with van der Waals surface area (Å²) in [5.41, 5.74) is 4.77. The van der Waals surface area contributed by atoms with Crippen LogP contribution in [0.2, 0.25) is 5.15 Å². The van der Waals surface area contributed by atoms with Crippen molar-refractivity contribution in [1.82, 2.24) is 4.98 Å². The van der Waals surface area contributed by atoms with E-state index in [1.807, 2.05) is 0 Å². The van der Waals surface area contributed by atoms with Gasteiger partial charge in [0.05, 0.1) is 11.0 Å². The zero-order chi connectivity index (χ0) is 13.2. The number of aromatic nitrogens is 1. The number of hydrogen-bond acceptors (Lipinski definition) is 7. The van der Waals surface area contributed by atoms with Crippen molar-refractivity contribution in [2.45, 2.75) is 12.2 Å². The van der Waals surface area contributed by atoms with Crippen molar-refractivity contribution in [3.8, 4) is 0 Å². The SMILES string of the molecule is Nc1nc(Cl)c(C(O)C(O)CS)cc1[N+](=O)[O-]. The number of nitrogens with zero attached hydrogens (tertiary/aromatic N) is 2. The number of hydrogen-bond donors (Lipinski definition) is 4. The van der Waals surface area contributed by atoms with Crippen molar-refractivity contribution in [2.75, 3.05) is 11.5 Å². The molecule has 2 atom stereocenters. The topological polar surface area (TPSA) is 123 Å². The highest BCUT2D eigenvalue weighted by Gasteiger charge is 2.25. The Morgan fingerprint density at radius 1 is 1.65 bits per heavy atom. The van der Waals surface area contributed by atoms with E-state index in [0.717, 1.165) is 6.07 Å². The zero-order valence-corrected chi connectivity index (χ0v) is 10.1. The van der Waals surface area contributed by atoms with Crippen LogP contribution in [0.1, 0.15) is 11.7 Å². The monoisotopic (exact) mass is 279 g/mol. The molecule has 0 saturated heterocycles. The first kappa shape index (κ1) is 14.0. The lowest BCUT2D eigenvalue weighted by molar-refractivity contribution is -0.384. The number of nitro groups is 1. The number of thiol groups is 1. The van der Waals surface area contributed by atoms with Crippen LogP contribution in [-0.4, -0.2) is 32.0 Å². The van der Waals surface area contributed by atoms with Crippen molar-refractivity contribution in [3.63, 3.8) is 0 Å². The molecule has 0 radical (unpaired) electrons. The normalized spacial score (nSPS) is 14.4. The first-order valence-corrected chi connectivity index (χ1v) is 5.46. The Morgan fingerprint density at radius 2 is 2.24 bits per heavy atom. The number of halogens is 1. The molecule has 94 valence electrons. The Morgan fingerprint density at radius 3 is 2.71 bits per heavy atom. The number of rotatable bonds is 4. The molecule has 9 heteroatoms. The maximum Gasteiger partial charge on any atom is 0.311 e. The van der Waals surface area contributed by atoms with Crippen LogP contribution < -0.4 is 5.73 Å². The fourth-order valence-corrected chi connectivity index (χ4v) is 1.63. The molecule has 1 aromatic heterocycles.